The van der Waals surface area contributed by atoms with E-state index in [1.165, 1.54) is 11.8 Å². The maximum atomic E-state index is 6.37. The monoisotopic (exact) mass is 476 g/mol. The highest BCUT2D eigenvalue weighted by Gasteiger charge is 2.26. The van der Waals surface area contributed by atoms with Gasteiger partial charge in [0.05, 0.1) is 7.11 Å². The molecule has 4 aromatic rings. The zero-order valence-electron chi connectivity index (χ0n) is 18.1. The van der Waals surface area contributed by atoms with E-state index in [9.17, 15) is 0 Å². The summed E-state index contributed by atoms with van der Waals surface area (Å²) in [6, 6.07) is 21.6. The summed E-state index contributed by atoms with van der Waals surface area (Å²) in [4.78, 5) is 4.71. The third-order valence-electron chi connectivity index (χ3n) is 5.34. The molecule has 6 nitrogen and oxygen atoms in total. The molecule has 8 heteroatoms. The van der Waals surface area contributed by atoms with E-state index < -0.39 is 6.23 Å². The van der Waals surface area contributed by atoms with Crippen LogP contribution in [0.2, 0.25) is 5.02 Å². The number of ether oxygens (including phenoxy) is 2. The molecule has 1 aliphatic rings. The van der Waals surface area contributed by atoms with Crippen molar-refractivity contribution in [1.29, 1.82) is 0 Å². The van der Waals surface area contributed by atoms with Crippen molar-refractivity contribution in [3.05, 3.63) is 88.4 Å². The number of nitrogens with zero attached hydrogens (tertiary/aromatic N) is 3. The number of para-hydroxylation sites is 1. The zero-order chi connectivity index (χ0) is 22.8. The molecule has 1 atom stereocenters. The van der Waals surface area contributed by atoms with Gasteiger partial charge in [-0.15, -0.1) is 10.2 Å². The van der Waals surface area contributed by atoms with Crippen LogP contribution >= 0.6 is 23.4 Å². The molecule has 0 saturated carbocycles. The molecular weight excluding hydrogens is 456 g/mol. The standard InChI is InChI=1S/C25H21ClN4O2S/c1-15-13-17(9-12-21(15)31-2)23-27-20-6-4-3-5-19(20)22-24(32-23)28-25(30-29-22)33-14-16-7-10-18(26)11-8-16/h3-13,23,27H,14H2,1-2H3. The Kier molecular flexibility index (Phi) is 6.07. The molecule has 3 aromatic carbocycles. The fourth-order valence-electron chi connectivity index (χ4n) is 3.65. The van der Waals surface area contributed by atoms with E-state index in [-0.39, 0.29) is 0 Å². The highest BCUT2D eigenvalue weighted by molar-refractivity contribution is 7.98. The van der Waals surface area contributed by atoms with Gasteiger partial charge in [0.2, 0.25) is 11.0 Å². The molecule has 1 unspecified atom stereocenters. The fourth-order valence-corrected chi connectivity index (χ4v) is 4.51. The van der Waals surface area contributed by atoms with Crippen molar-refractivity contribution < 1.29 is 9.47 Å². The molecule has 166 valence electrons. The number of aromatic nitrogens is 3. The minimum atomic E-state index is -0.442. The first-order valence-corrected chi connectivity index (χ1v) is 11.8. The normalized spacial score (nSPS) is 14.3. The van der Waals surface area contributed by atoms with Crippen LogP contribution in [0.5, 0.6) is 11.6 Å². The molecule has 1 N–H and O–H groups in total. The molecule has 0 spiro atoms. The molecule has 2 heterocycles. The van der Waals surface area contributed by atoms with E-state index in [0.29, 0.717) is 27.5 Å². The van der Waals surface area contributed by atoms with E-state index in [2.05, 4.69) is 21.6 Å². The lowest BCUT2D eigenvalue weighted by atomic mass is 10.1. The van der Waals surface area contributed by atoms with Crippen molar-refractivity contribution in [3.63, 3.8) is 0 Å². The van der Waals surface area contributed by atoms with Crippen LogP contribution in [0.4, 0.5) is 5.69 Å². The Morgan fingerprint density at radius 1 is 1.06 bits per heavy atom. The third-order valence-corrected chi connectivity index (χ3v) is 6.50. The summed E-state index contributed by atoms with van der Waals surface area (Å²) in [7, 11) is 1.67. The SMILES string of the molecule is COc1ccc(C2Nc3ccccc3-c3nnc(SCc4ccc(Cl)cc4)nc3O2)cc1C. The Hall–Kier alpha value is -3.29. The average molecular weight is 477 g/mol. The Balaban J connectivity index is 1.48. The minimum Gasteiger partial charge on any atom is -0.496 e. The molecule has 0 saturated heterocycles. The van der Waals surface area contributed by atoms with E-state index in [0.717, 1.165) is 33.7 Å². The number of aryl methyl sites for hydroxylation is 1. The van der Waals surface area contributed by atoms with Gasteiger partial charge in [-0.25, -0.2) is 0 Å². The Morgan fingerprint density at radius 3 is 2.67 bits per heavy atom. The van der Waals surface area contributed by atoms with Crippen LogP contribution in [-0.4, -0.2) is 22.3 Å². The summed E-state index contributed by atoms with van der Waals surface area (Å²) in [5.74, 6) is 1.98. The van der Waals surface area contributed by atoms with Gasteiger partial charge in [0, 0.05) is 27.6 Å². The fraction of sp³-hybridized carbons (Fsp3) is 0.160. The van der Waals surface area contributed by atoms with E-state index in [1.54, 1.807) is 7.11 Å². The van der Waals surface area contributed by atoms with Crippen LogP contribution in [-0.2, 0) is 5.75 Å². The number of halogens is 1. The van der Waals surface area contributed by atoms with Crippen LogP contribution in [0.25, 0.3) is 11.3 Å². The van der Waals surface area contributed by atoms with Crippen LogP contribution in [0.15, 0.2) is 71.9 Å². The van der Waals surface area contributed by atoms with Crippen molar-refractivity contribution in [2.24, 2.45) is 0 Å². The van der Waals surface area contributed by atoms with Crippen molar-refractivity contribution in [2.45, 2.75) is 24.1 Å². The Bertz CT molecular complexity index is 1300. The van der Waals surface area contributed by atoms with Crippen LogP contribution < -0.4 is 14.8 Å². The quantitative estimate of drug-likeness (QED) is 0.339. The number of hydrogen-bond acceptors (Lipinski definition) is 7. The highest BCUT2D eigenvalue weighted by atomic mass is 35.5. The van der Waals surface area contributed by atoms with Gasteiger partial charge >= 0.3 is 0 Å². The summed E-state index contributed by atoms with van der Waals surface area (Å²) in [5, 5.41) is 13.6. The predicted octanol–water partition coefficient (Wildman–Crippen LogP) is 6.30. The van der Waals surface area contributed by atoms with Crippen molar-refractivity contribution in [3.8, 4) is 22.9 Å². The number of hydrogen-bond donors (Lipinski definition) is 1. The Labute approximate surface area is 201 Å². The molecule has 5 rings (SSSR count). The van der Waals surface area contributed by atoms with Crippen molar-refractivity contribution in [2.75, 3.05) is 12.4 Å². The topological polar surface area (TPSA) is 69.2 Å². The minimum absolute atomic E-state index is 0.442. The van der Waals surface area contributed by atoms with Gasteiger partial charge in [-0.2, -0.15) is 4.98 Å². The molecule has 0 fully saturated rings. The molecular formula is C25H21ClN4O2S. The maximum Gasteiger partial charge on any atom is 0.247 e. The number of rotatable bonds is 5. The first-order valence-electron chi connectivity index (χ1n) is 10.4. The van der Waals surface area contributed by atoms with Gasteiger partial charge < -0.3 is 14.8 Å². The van der Waals surface area contributed by atoms with Gasteiger partial charge in [0.1, 0.15) is 5.75 Å². The van der Waals surface area contributed by atoms with E-state index in [1.807, 2.05) is 67.6 Å². The summed E-state index contributed by atoms with van der Waals surface area (Å²) < 4.78 is 11.8. The number of methoxy groups -OCH3 is 1. The molecule has 0 bridgehead atoms. The predicted molar refractivity (Wildman–Crippen MR) is 131 cm³/mol. The van der Waals surface area contributed by atoms with Gasteiger partial charge in [-0.3, -0.25) is 0 Å². The second-order valence-electron chi connectivity index (χ2n) is 7.58. The third kappa shape index (κ3) is 4.60. The lowest BCUT2D eigenvalue weighted by molar-refractivity contribution is 0.225. The first kappa shape index (κ1) is 21.6. The highest BCUT2D eigenvalue weighted by Crippen LogP contribution is 2.40. The molecule has 1 aromatic heterocycles. The van der Waals surface area contributed by atoms with Gasteiger partial charge in [0.25, 0.3) is 0 Å². The molecule has 1 aliphatic heterocycles. The molecule has 0 radical (unpaired) electrons. The van der Waals surface area contributed by atoms with Crippen molar-refractivity contribution >= 4 is 29.1 Å². The largest absolute Gasteiger partial charge is 0.496 e. The summed E-state index contributed by atoms with van der Waals surface area (Å²) in [6.07, 6.45) is -0.442. The smallest absolute Gasteiger partial charge is 0.247 e. The van der Waals surface area contributed by atoms with Crippen LogP contribution in [0.1, 0.15) is 22.9 Å². The molecule has 0 amide bonds. The summed E-state index contributed by atoms with van der Waals surface area (Å²) >= 11 is 7.48. The number of thioether (sulfide) groups is 1. The lowest BCUT2D eigenvalue weighted by Crippen LogP contribution is -2.17. The average Bonchev–Trinajstić information content (AvgIpc) is 3.00. The summed E-state index contributed by atoms with van der Waals surface area (Å²) in [6.45, 7) is 2.01. The van der Waals surface area contributed by atoms with Gasteiger partial charge in [-0.1, -0.05) is 53.7 Å². The van der Waals surface area contributed by atoms with Crippen molar-refractivity contribution in [1.82, 2.24) is 15.2 Å². The van der Waals surface area contributed by atoms with Crippen LogP contribution in [0, 0.1) is 6.92 Å². The second kappa shape index (κ2) is 9.29. The zero-order valence-corrected chi connectivity index (χ0v) is 19.7. The molecule has 33 heavy (non-hydrogen) atoms. The van der Waals surface area contributed by atoms with Gasteiger partial charge in [0.15, 0.2) is 11.9 Å². The molecule has 0 aliphatic carbocycles. The number of nitrogens with one attached hydrogen (secondary N) is 1. The van der Waals surface area contributed by atoms with E-state index >= 15 is 0 Å². The van der Waals surface area contributed by atoms with Gasteiger partial charge in [-0.05, 0) is 54.4 Å². The van der Waals surface area contributed by atoms with Crippen LogP contribution in [0.3, 0.4) is 0 Å². The number of benzene rings is 3. The summed E-state index contributed by atoms with van der Waals surface area (Å²) in [5.41, 5.74) is 5.54. The number of fused-ring (bicyclic) bond motifs is 3. The number of anilines is 1. The maximum absolute atomic E-state index is 6.37. The second-order valence-corrected chi connectivity index (χ2v) is 8.96. The van der Waals surface area contributed by atoms with E-state index in [4.69, 9.17) is 26.1 Å². The Morgan fingerprint density at radius 2 is 1.88 bits per heavy atom. The lowest BCUT2D eigenvalue weighted by Gasteiger charge is -2.20. The first-order chi connectivity index (χ1) is 16.1.